The van der Waals surface area contributed by atoms with Gasteiger partial charge in [0.2, 0.25) is 0 Å². The van der Waals surface area contributed by atoms with E-state index in [-0.39, 0.29) is 0 Å². The highest BCUT2D eigenvalue weighted by Crippen LogP contribution is 2.21. The fourth-order valence-electron chi connectivity index (χ4n) is 1.63. The third-order valence-electron chi connectivity index (χ3n) is 2.46. The van der Waals surface area contributed by atoms with Crippen molar-refractivity contribution in [2.24, 2.45) is 0 Å². The fraction of sp³-hybridized carbons (Fsp3) is 0. The predicted octanol–water partition coefficient (Wildman–Crippen LogP) is 3.15. The molecule has 0 amide bonds. The summed E-state index contributed by atoms with van der Waals surface area (Å²) in [4.78, 5) is 12.4. The molecule has 0 aliphatic heterocycles. The van der Waals surface area contributed by atoms with Crippen molar-refractivity contribution in [3.63, 3.8) is 0 Å². The molecule has 0 bridgehead atoms. The van der Waals surface area contributed by atoms with E-state index in [0.29, 0.717) is 5.15 Å². The molecule has 4 heteroatoms. The molecule has 0 saturated heterocycles. The van der Waals surface area contributed by atoms with Crippen molar-refractivity contribution < 1.29 is 0 Å². The molecular formula is C13H7ClN3. The summed E-state index contributed by atoms with van der Waals surface area (Å²) < 4.78 is 0. The van der Waals surface area contributed by atoms with Gasteiger partial charge in [0.25, 0.3) is 0 Å². The van der Waals surface area contributed by atoms with Crippen LogP contribution in [0.5, 0.6) is 0 Å². The van der Waals surface area contributed by atoms with E-state index in [1.54, 1.807) is 18.5 Å². The summed E-state index contributed by atoms with van der Waals surface area (Å²) in [6.07, 6.45) is 6.30. The van der Waals surface area contributed by atoms with Crippen LogP contribution in [0.2, 0.25) is 5.15 Å². The van der Waals surface area contributed by atoms with E-state index in [1.807, 2.05) is 24.3 Å². The fourth-order valence-corrected chi connectivity index (χ4v) is 1.79. The average molecular weight is 241 g/mol. The smallest absolute Gasteiger partial charge is 0.129 e. The maximum absolute atomic E-state index is 5.86. The van der Waals surface area contributed by atoms with Crippen molar-refractivity contribution in [1.29, 1.82) is 0 Å². The lowest BCUT2D eigenvalue weighted by Crippen LogP contribution is -1.86. The maximum Gasteiger partial charge on any atom is 0.129 e. The highest BCUT2D eigenvalue weighted by Gasteiger charge is 2.02. The molecule has 3 heterocycles. The number of fused-ring (bicyclic) bond motifs is 1. The van der Waals surface area contributed by atoms with Gasteiger partial charge in [0, 0.05) is 18.0 Å². The van der Waals surface area contributed by atoms with Gasteiger partial charge in [0.15, 0.2) is 0 Å². The van der Waals surface area contributed by atoms with Crippen molar-refractivity contribution in [1.82, 2.24) is 15.0 Å². The first-order valence-corrected chi connectivity index (χ1v) is 5.45. The maximum atomic E-state index is 5.86. The molecule has 3 aromatic heterocycles. The molecule has 0 spiro atoms. The summed E-state index contributed by atoms with van der Waals surface area (Å²) in [6, 6.07) is 9.26. The molecule has 0 N–H and O–H groups in total. The predicted molar refractivity (Wildman–Crippen MR) is 66.6 cm³/mol. The van der Waals surface area contributed by atoms with Gasteiger partial charge in [-0.2, -0.15) is 0 Å². The quantitative estimate of drug-likeness (QED) is 0.614. The lowest BCUT2D eigenvalue weighted by molar-refractivity contribution is 1.30. The third-order valence-corrected chi connectivity index (χ3v) is 2.67. The van der Waals surface area contributed by atoms with Gasteiger partial charge in [-0.15, -0.1) is 0 Å². The van der Waals surface area contributed by atoms with Crippen LogP contribution < -0.4 is 0 Å². The topological polar surface area (TPSA) is 38.7 Å². The van der Waals surface area contributed by atoms with Crippen LogP contribution in [-0.4, -0.2) is 15.0 Å². The average Bonchev–Trinajstić information content (AvgIpc) is 2.39. The van der Waals surface area contributed by atoms with E-state index in [4.69, 9.17) is 11.6 Å². The molecule has 1 radical (unpaired) electrons. The number of rotatable bonds is 1. The van der Waals surface area contributed by atoms with Gasteiger partial charge in [-0.3, -0.25) is 9.97 Å². The van der Waals surface area contributed by atoms with Crippen LogP contribution in [0.1, 0.15) is 0 Å². The normalized spacial score (nSPS) is 10.6. The molecule has 0 saturated carbocycles. The molecule has 0 atom stereocenters. The largest absolute Gasteiger partial charge is 0.255 e. The van der Waals surface area contributed by atoms with Crippen molar-refractivity contribution >= 4 is 22.6 Å². The van der Waals surface area contributed by atoms with Gasteiger partial charge in [0.1, 0.15) is 5.15 Å². The first-order valence-electron chi connectivity index (χ1n) is 5.08. The second-order valence-electron chi connectivity index (χ2n) is 3.57. The Morgan fingerprint density at radius 1 is 1.06 bits per heavy atom. The molecule has 81 valence electrons. The van der Waals surface area contributed by atoms with Gasteiger partial charge in [-0.25, -0.2) is 4.98 Å². The Bertz CT molecular complexity index is 668. The molecule has 3 rings (SSSR count). The Labute approximate surface area is 103 Å². The van der Waals surface area contributed by atoms with E-state index in [9.17, 15) is 0 Å². The van der Waals surface area contributed by atoms with Gasteiger partial charge in [0.05, 0.1) is 17.2 Å². The zero-order chi connectivity index (χ0) is 11.7. The summed E-state index contributed by atoms with van der Waals surface area (Å²) in [6.45, 7) is 0. The van der Waals surface area contributed by atoms with E-state index in [1.165, 1.54) is 0 Å². The Morgan fingerprint density at radius 2 is 2.00 bits per heavy atom. The lowest BCUT2D eigenvalue weighted by atomic mass is 10.1. The second kappa shape index (κ2) is 4.11. The summed E-state index contributed by atoms with van der Waals surface area (Å²) in [5, 5.41) is 0.470. The van der Waals surface area contributed by atoms with Crippen molar-refractivity contribution in [2.75, 3.05) is 0 Å². The monoisotopic (exact) mass is 240 g/mol. The minimum absolute atomic E-state index is 0.470. The minimum Gasteiger partial charge on any atom is -0.255 e. The lowest BCUT2D eigenvalue weighted by Gasteiger charge is -2.02. The molecule has 0 aliphatic carbocycles. The van der Waals surface area contributed by atoms with Crippen LogP contribution in [0.15, 0.2) is 42.7 Å². The molecule has 0 aliphatic rings. The van der Waals surface area contributed by atoms with Crippen LogP contribution in [0.4, 0.5) is 0 Å². The van der Waals surface area contributed by atoms with Gasteiger partial charge in [-0.05, 0) is 35.9 Å². The number of hydrogen-bond donors (Lipinski definition) is 0. The van der Waals surface area contributed by atoms with Gasteiger partial charge in [-0.1, -0.05) is 11.6 Å². The first-order chi connectivity index (χ1) is 8.33. The molecule has 17 heavy (non-hydrogen) atoms. The number of pyridine rings is 3. The zero-order valence-corrected chi connectivity index (χ0v) is 9.52. The van der Waals surface area contributed by atoms with Crippen LogP contribution in [0.3, 0.4) is 0 Å². The molecule has 3 nitrogen and oxygen atoms in total. The Kier molecular flexibility index (Phi) is 2.46. The highest BCUT2D eigenvalue weighted by molar-refractivity contribution is 6.29. The van der Waals surface area contributed by atoms with Gasteiger partial charge >= 0.3 is 0 Å². The van der Waals surface area contributed by atoms with E-state index in [2.05, 4.69) is 21.1 Å². The number of aromatic nitrogens is 3. The van der Waals surface area contributed by atoms with Crippen molar-refractivity contribution in [3.8, 4) is 11.1 Å². The minimum atomic E-state index is 0.470. The summed E-state index contributed by atoms with van der Waals surface area (Å²) in [5.74, 6) is 0. The number of nitrogens with zero attached hydrogens (tertiary/aromatic N) is 3. The molecular weight excluding hydrogens is 234 g/mol. The van der Waals surface area contributed by atoms with Gasteiger partial charge < -0.3 is 0 Å². The molecule has 0 aromatic carbocycles. The summed E-state index contributed by atoms with van der Waals surface area (Å²) in [5.41, 5.74) is 3.60. The Morgan fingerprint density at radius 3 is 2.82 bits per heavy atom. The standard InChI is InChI=1S/C13H7ClN3/c14-13-2-1-11-12(17-13)7-10(8-16-11)9-3-5-15-6-4-9/h1-5,7-8H. The van der Waals surface area contributed by atoms with E-state index >= 15 is 0 Å². The summed E-state index contributed by atoms with van der Waals surface area (Å²) >= 11 is 5.86. The van der Waals surface area contributed by atoms with Crippen molar-refractivity contribution in [3.05, 3.63) is 54.1 Å². The first kappa shape index (κ1) is 10.2. The number of hydrogen-bond acceptors (Lipinski definition) is 3. The third kappa shape index (κ3) is 1.97. The van der Waals surface area contributed by atoms with Crippen LogP contribution >= 0.6 is 11.6 Å². The highest BCUT2D eigenvalue weighted by atomic mass is 35.5. The second-order valence-corrected chi connectivity index (χ2v) is 3.96. The van der Waals surface area contributed by atoms with Crippen LogP contribution in [0, 0.1) is 6.20 Å². The van der Waals surface area contributed by atoms with Crippen LogP contribution in [0.25, 0.3) is 22.2 Å². The van der Waals surface area contributed by atoms with E-state index in [0.717, 1.165) is 22.2 Å². The molecule has 0 unspecified atom stereocenters. The van der Waals surface area contributed by atoms with Crippen LogP contribution in [-0.2, 0) is 0 Å². The zero-order valence-electron chi connectivity index (χ0n) is 8.76. The summed E-state index contributed by atoms with van der Waals surface area (Å²) in [7, 11) is 0. The molecule has 0 fully saturated rings. The van der Waals surface area contributed by atoms with Crippen molar-refractivity contribution in [2.45, 2.75) is 0 Å². The SMILES string of the molecule is Clc1ccc2ncc(-c3c[c]ncc3)cc2n1. The Hall–Kier alpha value is -2.00. The molecule has 3 aromatic rings. The number of halogens is 1. The Balaban J connectivity index is 2.19. The van der Waals surface area contributed by atoms with E-state index < -0.39 is 0 Å².